The molecule has 0 bridgehead atoms. The maximum atomic E-state index is 12.2. The highest BCUT2D eigenvalue weighted by Crippen LogP contribution is 2.23. The largest absolute Gasteiger partial charge is 0.464 e. The minimum atomic E-state index is -4.01. The zero-order chi connectivity index (χ0) is 15.6. The van der Waals surface area contributed by atoms with Gasteiger partial charge in [-0.3, -0.25) is 4.79 Å². The van der Waals surface area contributed by atoms with E-state index in [9.17, 15) is 18.0 Å². The van der Waals surface area contributed by atoms with Crippen LogP contribution in [-0.2, 0) is 19.6 Å². The average Bonchev–Trinajstić information content (AvgIpc) is 2.73. The van der Waals surface area contributed by atoms with Crippen LogP contribution in [0.15, 0.2) is 9.72 Å². The van der Waals surface area contributed by atoms with Crippen molar-refractivity contribution in [1.82, 2.24) is 9.71 Å². The van der Waals surface area contributed by atoms with Crippen molar-refractivity contribution < 1.29 is 22.7 Å². The maximum Gasteiger partial charge on any atom is 0.358 e. The second-order valence-electron chi connectivity index (χ2n) is 4.61. The van der Waals surface area contributed by atoms with Crippen LogP contribution in [0.3, 0.4) is 0 Å². The first-order valence-electron chi connectivity index (χ1n) is 5.43. The van der Waals surface area contributed by atoms with Crippen LogP contribution in [0.1, 0.15) is 30.8 Å². The molecule has 0 aliphatic rings. The fourth-order valence-electron chi connectivity index (χ4n) is 1.54. The van der Waals surface area contributed by atoms with Crippen LogP contribution in [-0.4, -0.2) is 37.9 Å². The molecule has 1 aromatic heterocycles. The van der Waals surface area contributed by atoms with Gasteiger partial charge in [0, 0.05) is 12.0 Å². The van der Waals surface area contributed by atoms with Crippen molar-refractivity contribution in [2.24, 2.45) is 5.73 Å². The van der Waals surface area contributed by atoms with E-state index in [0.29, 0.717) is 0 Å². The van der Waals surface area contributed by atoms with Gasteiger partial charge in [-0.2, -0.15) is 0 Å². The Balaban J connectivity index is 3.10. The molecule has 0 saturated carbocycles. The van der Waals surface area contributed by atoms with Crippen molar-refractivity contribution in [1.29, 1.82) is 0 Å². The number of esters is 1. The number of sulfonamides is 1. The van der Waals surface area contributed by atoms with Gasteiger partial charge in [0.2, 0.25) is 5.91 Å². The molecular formula is C10H15N3O5S2. The smallest absolute Gasteiger partial charge is 0.358 e. The molecule has 0 radical (unpaired) electrons. The van der Waals surface area contributed by atoms with Gasteiger partial charge in [-0.15, -0.1) is 11.3 Å². The van der Waals surface area contributed by atoms with Crippen LogP contribution >= 0.6 is 11.3 Å². The molecule has 0 unspecified atom stereocenters. The summed E-state index contributed by atoms with van der Waals surface area (Å²) in [5, 5.41) is 0. The lowest BCUT2D eigenvalue weighted by Gasteiger charge is -2.23. The van der Waals surface area contributed by atoms with Gasteiger partial charge >= 0.3 is 5.97 Å². The molecule has 3 N–H and O–H groups in total. The number of aromatic nitrogens is 1. The molecule has 0 aliphatic carbocycles. The Morgan fingerprint density at radius 1 is 1.50 bits per heavy atom. The first-order valence-corrected chi connectivity index (χ1v) is 7.79. The molecule has 0 spiro atoms. The van der Waals surface area contributed by atoms with E-state index in [1.165, 1.54) is 19.4 Å². The Bertz CT molecular complexity index is 621. The zero-order valence-corrected chi connectivity index (χ0v) is 12.8. The number of primary amides is 1. The highest BCUT2D eigenvalue weighted by molar-refractivity contribution is 7.91. The molecule has 0 atom stereocenters. The number of carbonyl (C=O) groups excluding carboxylic acids is 2. The number of nitrogens with zero attached hydrogens (tertiary/aromatic N) is 1. The van der Waals surface area contributed by atoms with Gasteiger partial charge in [-0.25, -0.2) is 22.9 Å². The van der Waals surface area contributed by atoms with Crippen LogP contribution in [0.2, 0.25) is 0 Å². The number of carbonyl (C=O) groups is 2. The van der Waals surface area contributed by atoms with E-state index in [1.54, 1.807) is 0 Å². The molecule has 1 rings (SSSR count). The standard InChI is InChI=1S/C10H15N3O5S2/c1-10(2,4-6(11)14)13-20(16,17)9-7(8(15)18-3)12-5-19-9/h5,13H,4H2,1-3H3,(H2,11,14). The van der Waals surface area contributed by atoms with Crippen LogP contribution in [0.4, 0.5) is 0 Å². The SMILES string of the molecule is COC(=O)c1ncsc1S(=O)(=O)NC(C)(C)CC(N)=O. The highest BCUT2D eigenvalue weighted by Gasteiger charge is 2.32. The quantitative estimate of drug-likeness (QED) is 0.702. The highest BCUT2D eigenvalue weighted by atomic mass is 32.2. The molecule has 1 aromatic rings. The van der Waals surface area contributed by atoms with Gasteiger partial charge in [-0.05, 0) is 13.8 Å². The summed E-state index contributed by atoms with van der Waals surface area (Å²) in [5.74, 6) is -1.49. The van der Waals surface area contributed by atoms with E-state index >= 15 is 0 Å². The van der Waals surface area contributed by atoms with E-state index in [0.717, 1.165) is 18.4 Å². The lowest BCUT2D eigenvalue weighted by Crippen LogP contribution is -2.46. The summed E-state index contributed by atoms with van der Waals surface area (Å²) < 4.78 is 31.0. The molecule has 20 heavy (non-hydrogen) atoms. The number of methoxy groups -OCH3 is 1. The fraction of sp³-hybridized carbons (Fsp3) is 0.500. The molecule has 8 nitrogen and oxygen atoms in total. The number of thiazole rings is 1. The van der Waals surface area contributed by atoms with Crippen LogP contribution < -0.4 is 10.5 Å². The maximum absolute atomic E-state index is 12.2. The van der Waals surface area contributed by atoms with E-state index in [1.807, 2.05) is 0 Å². The lowest BCUT2D eigenvalue weighted by atomic mass is 10.0. The van der Waals surface area contributed by atoms with Gasteiger partial charge < -0.3 is 10.5 Å². The topological polar surface area (TPSA) is 128 Å². The third-order valence-electron chi connectivity index (χ3n) is 2.18. The summed E-state index contributed by atoms with van der Waals surface area (Å²) in [6.07, 6.45) is -0.182. The minimum Gasteiger partial charge on any atom is -0.464 e. The third kappa shape index (κ3) is 3.99. The second-order valence-corrected chi connectivity index (χ2v) is 7.34. The van der Waals surface area contributed by atoms with Crippen molar-refractivity contribution in [3.63, 3.8) is 0 Å². The van der Waals surface area contributed by atoms with E-state index in [4.69, 9.17) is 5.73 Å². The van der Waals surface area contributed by atoms with Gasteiger partial charge in [0.05, 0.1) is 12.6 Å². The van der Waals surface area contributed by atoms with Crippen molar-refractivity contribution in [2.75, 3.05) is 7.11 Å². The monoisotopic (exact) mass is 321 g/mol. The Morgan fingerprint density at radius 2 is 2.10 bits per heavy atom. The van der Waals surface area contributed by atoms with Crippen LogP contribution in [0, 0.1) is 0 Å². The number of nitrogens with one attached hydrogen (secondary N) is 1. The summed E-state index contributed by atoms with van der Waals surface area (Å²) >= 11 is 0.781. The van der Waals surface area contributed by atoms with Crippen LogP contribution in [0.5, 0.6) is 0 Å². The molecule has 0 fully saturated rings. The Labute approximate surface area is 120 Å². The number of ether oxygens (including phenoxy) is 1. The molecule has 0 aliphatic heterocycles. The van der Waals surface area contributed by atoms with E-state index in [-0.39, 0.29) is 16.3 Å². The van der Waals surface area contributed by atoms with Gasteiger partial charge in [0.15, 0.2) is 9.90 Å². The third-order valence-corrected chi connectivity index (χ3v) is 5.25. The second kappa shape index (κ2) is 5.85. The van der Waals surface area contributed by atoms with Crippen molar-refractivity contribution >= 4 is 33.2 Å². The number of amides is 1. The van der Waals surface area contributed by atoms with E-state index in [2.05, 4.69) is 14.4 Å². The number of rotatable bonds is 6. The zero-order valence-electron chi connectivity index (χ0n) is 11.2. The Hall–Kier alpha value is -1.52. The molecule has 112 valence electrons. The Morgan fingerprint density at radius 3 is 2.60 bits per heavy atom. The van der Waals surface area contributed by atoms with Crippen molar-refractivity contribution in [3.8, 4) is 0 Å². The average molecular weight is 321 g/mol. The predicted octanol–water partition coefficient (Wildman–Crippen LogP) is -0.138. The summed E-state index contributed by atoms with van der Waals surface area (Å²) in [4.78, 5) is 26.0. The summed E-state index contributed by atoms with van der Waals surface area (Å²) in [5.41, 5.74) is 4.91. The number of nitrogens with two attached hydrogens (primary N) is 1. The van der Waals surface area contributed by atoms with E-state index < -0.39 is 27.4 Å². The molecule has 0 saturated heterocycles. The number of hydrogen-bond donors (Lipinski definition) is 2. The van der Waals surface area contributed by atoms with Crippen LogP contribution in [0.25, 0.3) is 0 Å². The van der Waals surface area contributed by atoms with Crippen molar-refractivity contribution in [3.05, 3.63) is 11.2 Å². The van der Waals surface area contributed by atoms with Gasteiger partial charge in [0.1, 0.15) is 0 Å². The molecule has 0 aromatic carbocycles. The summed E-state index contributed by atoms with van der Waals surface area (Å²) in [6, 6.07) is 0. The molecule has 1 heterocycles. The summed E-state index contributed by atoms with van der Waals surface area (Å²) in [7, 11) is -2.88. The first-order chi connectivity index (χ1) is 9.09. The predicted molar refractivity (Wildman–Crippen MR) is 71.7 cm³/mol. The molecular weight excluding hydrogens is 306 g/mol. The molecule has 1 amide bonds. The normalized spacial score (nSPS) is 12.2. The first kappa shape index (κ1) is 16.5. The summed E-state index contributed by atoms with van der Waals surface area (Å²) in [6.45, 7) is 3.02. The van der Waals surface area contributed by atoms with Gasteiger partial charge in [-0.1, -0.05) is 0 Å². The van der Waals surface area contributed by atoms with Crippen molar-refractivity contribution in [2.45, 2.75) is 30.0 Å². The minimum absolute atomic E-state index is 0.182. The fourth-order valence-corrected chi connectivity index (χ4v) is 4.09. The molecule has 10 heteroatoms. The Kier molecular flexibility index (Phi) is 4.84. The number of hydrogen-bond acceptors (Lipinski definition) is 7. The van der Waals surface area contributed by atoms with Gasteiger partial charge in [0.25, 0.3) is 10.0 Å². The lowest BCUT2D eigenvalue weighted by molar-refractivity contribution is -0.119.